The van der Waals surface area contributed by atoms with Gasteiger partial charge < -0.3 is 35.7 Å². The van der Waals surface area contributed by atoms with E-state index in [4.69, 9.17) is 0 Å². The van der Waals surface area contributed by atoms with E-state index in [1.54, 1.807) is 39.0 Å². The van der Waals surface area contributed by atoms with Gasteiger partial charge in [-0.05, 0) is 504 Å². The highest BCUT2D eigenvalue weighted by Crippen LogP contribution is 2.72. The van der Waals surface area contributed by atoms with Crippen molar-refractivity contribution in [2.75, 3.05) is 23.9 Å². The minimum absolute atomic E-state index is 0.147. The first-order valence-corrected chi connectivity index (χ1v) is 56.7. The van der Waals surface area contributed by atoms with Gasteiger partial charge in [-0.3, -0.25) is 0 Å². The quantitative estimate of drug-likeness (QED) is 0.0693. The van der Waals surface area contributed by atoms with E-state index >= 15 is 0 Å². The summed E-state index contributed by atoms with van der Waals surface area (Å²) in [5.74, 6) is 33.8. The summed E-state index contributed by atoms with van der Waals surface area (Å²) in [6, 6.07) is 0. The Morgan fingerprint density at radius 3 is 0.877 bits per heavy atom. The van der Waals surface area contributed by atoms with Gasteiger partial charge >= 0.3 is 0 Å². The highest BCUT2D eigenvalue weighted by molar-refractivity contribution is 9.09. The molecule has 0 unspecified atom stereocenters. The van der Waals surface area contributed by atoms with Crippen molar-refractivity contribution in [3.63, 3.8) is 0 Å². The van der Waals surface area contributed by atoms with Crippen molar-refractivity contribution in [1.82, 2.24) is 0 Å². The first-order valence-electron chi connectivity index (χ1n) is 54.4. The molecule has 0 amide bonds. The molecule has 0 radical (unpaired) electrons. The summed E-state index contributed by atoms with van der Waals surface area (Å²) in [5.41, 5.74) is 18.4. The molecule has 22 rings (SSSR count). The summed E-state index contributed by atoms with van der Waals surface area (Å²) >= 11 is 7.34. The number of alkyl halides is 2. The Morgan fingerprint density at radius 2 is 0.592 bits per heavy atom. The number of hydrogen-bond donors (Lipinski definition) is 7. The van der Waals surface area contributed by atoms with E-state index in [1.165, 1.54) is 228 Å². The number of rotatable bonds is 9. The number of hydrogen-bond acceptors (Lipinski definition) is 7. The molecule has 0 bridgehead atoms. The van der Waals surface area contributed by atoms with Gasteiger partial charge in [0.25, 0.3) is 0 Å². The number of aliphatic hydroxyl groups excluding tert-OH is 2. The largest absolute Gasteiger partial charge is 0.392 e. The molecular weight excluding hydrogens is 1730 g/mol. The lowest BCUT2D eigenvalue weighted by atomic mass is 9.50. The van der Waals surface area contributed by atoms with Gasteiger partial charge in [-0.1, -0.05) is 197 Å². The number of aliphatic hydroxyl groups is 7. The van der Waals surface area contributed by atoms with Crippen LogP contribution in [0.4, 0.5) is 0 Å². The number of fused-ring (bicyclic) bond motifs is 25. The summed E-state index contributed by atoms with van der Waals surface area (Å²) < 4.78 is 0. The molecule has 35 atom stereocenters. The third-order valence-corrected chi connectivity index (χ3v) is 46.3. The fraction of sp³-hybridized carbons (Fsp3) is 0.802. The lowest BCUT2D eigenvalue weighted by molar-refractivity contribution is -0.0319. The lowest BCUT2D eigenvalue weighted by Gasteiger charge is -2.55. The second-order valence-electron chi connectivity index (χ2n) is 52.4. The molecule has 17 saturated carbocycles. The normalized spacial score (nSPS) is 48.7. The van der Waals surface area contributed by atoms with E-state index in [9.17, 15) is 35.7 Å². The van der Waals surface area contributed by atoms with Gasteiger partial charge in [-0.15, -0.1) is 0 Å². The lowest BCUT2D eigenvalue weighted by Crippen LogP contribution is -2.48. The third kappa shape index (κ3) is 18.0. The Bertz CT molecular complexity index is 4380. The van der Waals surface area contributed by atoms with Crippen molar-refractivity contribution in [2.24, 2.45) is 187 Å². The zero-order valence-electron chi connectivity index (χ0n) is 83.6. The molecule has 17 fully saturated rings. The molecule has 22 aliphatic rings. The molecule has 0 aromatic heterocycles. The second kappa shape index (κ2) is 37.0. The minimum Gasteiger partial charge on any atom is -0.392 e. The predicted octanol–water partition coefficient (Wildman–Crippen LogP) is 28.2. The van der Waals surface area contributed by atoms with Crippen LogP contribution in [0, 0.1) is 211 Å². The zero-order chi connectivity index (χ0) is 92.3. The van der Waals surface area contributed by atoms with E-state index in [2.05, 4.69) is 163 Å². The van der Waals surface area contributed by atoms with Crippen molar-refractivity contribution in [1.29, 1.82) is 0 Å². The van der Waals surface area contributed by atoms with E-state index in [0.717, 1.165) is 217 Å². The van der Waals surface area contributed by atoms with Gasteiger partial charge in [0.1, 0.15) is 11.2 Å². The zero-order valence-corrected chi connectivity index (χ0v) is 86.8. The van der Waals surface area contributed by atoms with Crippen LogP contribution in [0.5, 0.6) is 0 Å². The SMILES string of the molecule is C=C(C)[C@H]1CC[C@H]2[C@@H]3CC(C)=C4C[C@@](C)(O)CC[C@@H]4[C@H]3CC[C@]12C.C=C(CBr)[C@H]1CC[C@H]2[C@@H]3CC(C)=C4C[C@@](C)(O)CC[C@@H]4[C@H]3CC[C@]12C.C=C(CBr)[C@H]1CC[C@H]2[C@@H]3CC=C4C[C@](O)(C#CC5CC5)CC[C@@H]4[C@H]3CC[C@]12C.C=C(CO)[C@H]1CC[C@H]2[C@@H]3CC(C)=C4C[C@@](C)(O)CC[C@@H]4[C@H]3CC[C@]12C.C=C(CO)[C@H]1CC[C@H]2[C@@H]3CC=C4C[C@](O)(C#CC5CC5)CC[C@@H]4[C@H]3CC[C@]12C. The Balaban J connectivity index is 0.000000110. The second-order valence-corrected chi connectivity index (χ2v) is 53.5. The van der Waals surface area contributed by atoms with Crippen LogP contribution in [0.3, 0.4) is 0 Å². The molecule has 7 N–H and O–H groups in total. The van der Waals surface area contributed by atoms with Gasteiger partial charge in [0.15, 0.2) is 0 Å². The van der Waals surface area contributed by atoms with Crippen LogP contribution in [-0.4, -0.2) is 87.6 Å². The van der Waals surface area contributed by atoms with Crippen LogP contribution in [0.15, 0.2) is 117 Å². The molecule has 0 aromatic rings. The van der Waals surface area contributed by atoms with Crippen LogP contribution >= 0.6 is 31.9 Å². The summed E-state index contributed by atoms with van der Waals surface area (Å²) in [6.07, 6.45) is 57.9. The molecule has 7 nitrogen and oxygen atoms in total. The van der Waals surface area contributed by atoms with Crippen molar-refractivity contribution < 1.29 is 35.7 Å². The summed E-state index contributed by atoms with van der Waals surface area (Å²) in [5, 5.41) is 75.1. The monoisotopic (exact) mass is 1900 g/mol. The van der Waals surface area contributed by atoms with Gasteiger partial charge in [-0.2, -0.15) is 0 Å². The topological polar surface area (TPSA) is 142 Å². The Kier molecular flexibility index (Phi) is 27.7. The highest BCUT2D eigenvalue weighted by atomic mass is 79.9. The van der Waals surface area contributed by atoms with E-state index in [1.807, 2.05) is 20.8 Å². The molecule has 0 aromatic carbocycles. The first-order chi connectivity index (χ1) is 61.6. The fourth-order valence-electron chi connectivity index (χ4n) is 38.0. The van der Waals surface area contributed by atoms with Crippen LogP contribution < -0.4 is 0 Å². The van der Waals surface area contributed by atoms with E-state index < -0.39 is 28.0 Å². The summed E-state index contributed by atoms with van der Waals surface area (Å²) in [7, 11) is 0. The fourth-order valence-corrected chi connectivity index (χ4v) is 38.8. The van der Waals surface area contributed by atoms with Gasteiger partial charge in [0, 0.05) is 35.3 Å². The Labute approximate surface area is 807 Å². The third-order valence-electron chi connectivity index (χ3n) is 44.8. The van der Waals surface area contributed by atoms with Gasteiger partial charge in [0.2, 0.25) is 0 Å². The maximum absolute atomic E-state index is 11.1. The van der Waals surface area contributed by atoms with E-state index in [0.29, 0.717) is 68.5 Å². The molecule has 718 valence electrons. The molecular formula is C121H178Br2O7. The van der Waals surface area contributed by atoms with Crippen LogP contribution in [0.25, 0.3) is 0 Å². The molecule has 0 heterocycles. The summed E-state index contributed by atoms with van der Waals surface area (Å²) in [6.45, 7) is 50.0. The Morgan fingerprint density at radius 1 is 0.323 bits per heavy atom. The van der Waals surface area contributed by atoms with Crippen LogP contribution in [-0.2, 0) is 0 Å². The van der Waals surface area contributed by atoms with Gasteiger partial charge in [-0.25, -0.2) is 0 Å². The first kappa shape index (κ1) is 97.4. The minimum atomic E-state index is -0.766. The van der Waals surface area contributed by atoms with Gasteiger partial charge in [0.05, 0.1) is 30.0 Å². The molecule has 0 spiro atoms. The predicted molar refractivity (Wildman–Crippen MR) is 543 cm³/mol. The van der Waals surface area contributed by atoms with Crippen molar-refractivity contribution >= 4 is 31.9 Å². The Hall–Kier alpha value is -2.80. The van der Waals surface area contributed by atoms with E-state index in [-0.39, 0.29) is 13.2 Å². The smallest absolute Gasteiger partial charge is 0.129 e. The molecule has 0 saturated heterocycles. The maximum atomic E-state index is 11.1. The average Bonchev–Trinajstić information content (AvgIpc) is 1.53. The highest BCUT2D eigenvalue weighted by Gasteiger charge is 2.64. The van der Waals surface area contributed by atoms with Crippen molar-refractivity contribution in [3.8, 4) is 23.7 Å². The number of halogens is 2. The van der Waals surface area contributed by atoms with Crippen LogP contribution in [0.1, 0.15) is 366 Å². The molecule has 0 aliphatic heterocycles. The van der Waals surface area contributed by atoms with Crippen molar-refractivity contribution in [3.05, 3.63) is 117 Å². The molecule has 130 heavy (non-hydrogen) atoms. The molecule has 22 aliphatic carbocycles. The van der Waals surface area contributed by atoms with Crippen LogP contribution in [0.2, 0.25) is 0 Å². The molecule has 9 heteroatoms. The van der Waals surface area contributed by atoms with Crippen molar-refractivity contribution in [2.45, 2.75) is 394 Å². The maximum Gasteiger partial charge on any atom is 0.129 e. The number of allylic oxidation sites excluding steroid dienone is 8. The summed E-state index contributed by atoms with van der Waals surface area (Å²) in [4.78, 5) is 0. The standard InChI is InChI=1S/C26H35BrO.C26H36O2.C23H35BrO.C23H36O2.C23H36O/c2*1-17(16-27)23-7-8-24-22-6-5-19-15-26(28,13-9-18-3-4-18)14-11-20(19)21(22)10-12-25(23,24)2;2*1-14-11-18-16(17-7-9-22(3,25)12-19(14)17)8-10-23(4)20(15(2)13-24)5-6-21(18)23;1-14(2)20-6-7-21-18-12-15(3)19-13-22(4,24)10-8-17(19)16(18)9-11-23(20,21)5/h5,18,20-24,28H,1,3-4,6-8,10-12,14-16H2,2H3;5,18,20-24,27-28H,1,3-4,6-8,10-12,14-16H2,2H3;16-18,20-21,25H,2,5-13H2,1,3-4H3;16-18,20-21,24-25H,2,5-13H2,1,3-4H3;16-18,20-21,24H,1,6-13H2,2-5H3/t2*20-,21+,22+,23+,24-,25+,26-;3*16-,17-,18-,20-,21+,22+,23-/m00111/s1. The average molecular weight is 1900 g/mol.